The van der Waals surface area contributed by atoms with Crippen molar-refractivity contribution in [2.75, 3.05) is 16.8 Å². The van der Waals surface area contributed by atoms with Crippen LogP contribution in [-0.4, -0.2) is 31.8 Å². The third-order valence-corrected chi connectivity index (χ3v) is 5.00. The molecule has 7 nitrogen and oxygen atoms in total. The van der Waals surface area contributed by atoms with Gasteiger partial charge >= 0.3 is 0 Å². The topological polar surface area (TPSA) is 75.4 Å². The van der Waals surface area contributed by atoms with Crippen molar-refractivity contribution in [3.63, 3.8) is 0 Å². The highest BCUT2D eigenvalue weighted by molar-refractivity contribution is 5.95. The fourth-order valence-electron chi connectivity index (χ4n) is 3.72. The summed E-state index contributed by atoms with van der Waals surface area (Å²) in [5, 5.41) is 3.34. The zero-order chi connectivity index (χ0) is 19.1. The minimum atomic E-state index is 0.0639. The van der Waals surface area contributed by atoms with E-state index in [1.54, 1.807) is 25.5 Å². The maximum atomic E-state index is 11.9. The van der Waals surface area contributed by atoms with E-state index in [4.69, 9.17) is 4.98 Å². The summed E-state index contributed by atoms with van der Waals surface area (Å²) in [7, 11) is 0. The molecule has 0 spiro atoms. The number of hydrogen-bond acceptors (Lipinski definition) is 5. The molecule has 1 N–H and O–H groups in total. The minimum Gasteiger partial charge on any atom is -0.337 e. The summed E-state index contributed by atoms with van der Waals surface area (Å²) in [5.41, 5.74) is 5.64. The normalized spacial score (nSPS) is 13.0. The maximum absolute atomic E-state index is 11.9. The van der Waals surface area contributed by atoms with Gasteiger partial charge in [0.25, 0.3) is 0 Å². The molecule has 0 atom stereocenters. The molecule has 138 valence electrons. The van der Waals surface area contributed by atoms with Crippen LogP contribution >= 0.6 is 0 Å². The maximum Gasteiger partial charge on any atom is 0.223 e. The average Bonchev–Trinajstić information content (AvgIpc) is 3.35. The summed E-state index contributed by atoms with van der Waals surface area (Å²) in [6.45, 7) is 2.31. The number of anilines is 3. The van der Waals surface area contributed by atoms with E-state index >= 15 is 0 Å². The van der Waals surface area contributed by atoms with E-state index in [9.17, 15) is 4.79 Å². The number of aromatic nitrogens is 4. The van der Waals surface area contributed by atoms with Crippen LogP contribution in [0.2, 0.25) is 0 Å². The van der Waals surface area contributed by atoms with Crippen molar-refractivity contribution in [1.29, 1.82) is 0 Å². The van der Waals surface area contributed by atoms with E-state index in [0.29, 0.717) is 12.4 Å². The first kappa shape index (κ1) is 16.4. The largest absolute Gasteiger partial charge is 0.337 e. The quantitative estimate of drug-likeness (QED) is 0.598. The van der Waals surface area contributed by atoms with Gasteiger partial charge in [-0.05, 0) is 30.2 Å². The zero-order valence-electron chi connectivity index (χ0n) is 15.3. The summed E-state index contributed by atoms with van der Waals surface area (Å²) in [5.74, 6) is 0.738. The first-order valence-electron chi connectivity index (χ1n) is 9.12. The first-order chi connectivity index (χ1) is 13.7. The first-order valence-corrected chi connectivity index (χ1v) is 9.12. The van der Waals surface area contributed by atoms with Crippen LogP contribution in [0.25, 0.3) is 16.9 Å². The van der Waals surface area contributed by atoms with Crippen molar-refractivity contribution in [2.45, 2.75) is 13.3 Å². The number of nitrogens with one attached hydrogen (secondary N) is 1. The Kier molecular flexibility index (Phi) is 3.79. The molecule has 0 saturated heterocycles. The second kappa shape index (κ2) is 6.45. The molecule has 0 unspecified atom stereocenters. The Morgan fingerprint density at radius 1 is 1.14 bits per heavy atom. The van der Waals surface area contributed by atoms with E-state index in [-0.39, 0.29) is 5.91 Å². The number of nitrogens with zero attached hydrogens (tertiary/aromatic N) is 5. The zero-order valence-corrected chi connectivity index (χ0v) is 15.3. The predicted octanol–water partition coefficient (Wildman–Crippen LogP) is 3.44. The van der Waals surface area contributed by atoms with Crippen LogP contribution < -0.4 is 10.2 Å². The van der Waals surface area contributed by atoms with Gasteiger partial charge in [0.15, 0.2) is 11.5 Å². The third-order valence-electron chi connectivity index (χ3n) is 5.00. The van der Waals surface area contributed by atoms with Gasteiger partial charge in [-0.25, -0.2) is 9.97 Å². The fraction of sp³-hybridized carbons (Fsp3) is 0.143. The standard InChI is InChI=1S/C21H18N6O/c1-14(28)27-11-7-17-16(3-2-4-19(17)27)18-13-26-12-10-23-21(26)20(25-18)24-15-5-8-22-9-6-15/h2-6,8-10,12-13H,7,11H2,1H3,(H,22,24,25). The molecule has 0 aliphatic carbocycles. The lowest BCUT2D eigenvalue weighted by molar-refractivity contribution is -0.116. The Morgan fingerprint density at radius 3 is 2.82 bits per heavy atom. The van der Waals surface area contributed by atoms with Crippen molar-refractivity contribution in [3.8, 4) is 11.3 Å². The van der Waals surface area contributed by atoms with Gasteiger partial charge < -0.3 is 14.6 Å². The molecule has 28 heavy (non-hydrogen) atoms. The van der Waals surface area contributed by atoms with Crippen molar-refractivity contribution >= 4 is 28.7 Å². The van der Waals surface area contributed by atoms with Crippen molar-refractivity contribution in [3.05, 3.63) is 66.9 Å². The molecule has 1 amide bonds. The summed E-state index contributed by atoms with van der Waals surface area (Å²) >= 11 is 0. The van der Waals surface area contributed by atoms with Crippen LogP contribution in [0, 0.1) is 0 Å². The average molecular weight is 370 g/mol. The van der Waals surface area contributed by atoms with E-state index in [2.05, 4.69) is 21.4 Å². The number of benzene rings is 1. The molecule has 7 heteroatoms. The second-order valence-corrected chi connectivity index (χ2v) is 6.72. The molecule has 3 aromatic heterocycles. The fourth-order valence-corrected chi connectivity index (χ4v) is 3.72. The van der Waals surface area contributed by atoms with E-state index in [1.807, 2.05) is 46.0 Å². The van der Waals surface area contributed by atoms with Gasteiger partial charge in [-0.1, -0.05) is 12.1 Å². The van der Waals surface area contributed by atoms with Gasteiger partial charge in [-0.3, -0.25) is 9.78 Å². The number of pyridine rings is 1. The van der Waals surface area contributed by atoms with Gasteiger partial charge in [0.05, 0.1) is 5.69 Å². The van der Waals surface area contributed by atoms with E-state index in [0.717, 1.165) is 40.3 Å². The van der Waals surface area contributed by atoms with Crippen molar-refractivity contribution in [1.82, 2.24) is 19.4 Å². The predicted molar refractivity (Wildman–Crippen MR) is 108 cm³/mol. The second-order valence-electron chi connectivity index (χ2n) is 6.72. The molecular formula is C21H18N6O. The lowest BCUT2D eigenvalue weighted by Gasteiger charge is -2.16. The van der Waals surface area contributed by atoms with Crippen LogP contribution in [0.4, 0.5) is 17.2 Å². The Labute approximate surface area is 161 Å². The van der Waals surface area contributed by atoms with Crippen molar-refractivity contribution in [2.24, 2.45) is 0 Å². The highest BCUT2D eigenvalue weighted by Crippen LogP contribution is 2.36. The van der Waals surface area contributed by atoms with Crippen LogP contribution in [0.15, 0.2) is 61.3 Å². The third kappa shape index (κ3) is 2.68. The van der Waals surface area contributed by atoms with Gasteiger partial charge in [-0.2, -0.15) is 0 Å². The summed E-state index contributed by atoms with van der Waals surface area (Å²) in [6.07, 6.45) is 9.92. The number of carbonyl (C=O) groups excluding carboxylic acids is 1. The van der Waals surface area contributed by atoms with Crippen LogP contribution in [0.5, 0.6) is 0 Å². The number of imidazole rings is 1. The highest BCUT2D eigenvalue weighted by atomic mass is 16.2. The smallest absolute Gasteiger partial charge is 0.223 e. The van der Waals surface area contributed by atoms with Gasteiger partial charge in [0, 0.05) is 61.4 Å². The highest BCUT2D eigenvalue weighted by Gasteiger charge is 2.25. The van der Waals surface area contributed by atoms with E-state index in [1.165, 1.54) is 0 Å². The van der Waals surface area contributed by atoms with Crippen LogP contribution in [0.1, 0.15) is 12.5 Å². The Bertz CT molecular complexity index is 1180. The molecule has 0 radical (unpaired) electrons. The number of amides is 1. The molecule has 1 aliphatic rings. The molecule has 1 aromatic carbocycles. The van der Waals surface area contributed by atoms with Gasteiger partial charge in [0.2, 0.25) is 5.91 Å². The summed E-state index contributed by atoms with van der Waals surface area (Å²) in [6, 6.07) is 9.81. The summed E-state index contributed by atoms with van der Waals surface area (Å²) < 4.78 is 1.96. The molecule has 4 heterocycles. The van der Waals surface area contributed by atoms with Crippen LogP contribution in [0.3, 0.4) is 0 Å². The molecule has 0 saturated carbocycles. The number of carbonyl (C=O) groups is 1. The molecule has 5 rings (SSSR count). The molecule has 0 bridgehead atoms. The van der Waals surface area contributed by atoms with Gasteiger partial charge in [0.1, 0.15) is 0 Å². The van der Waals surface area contributed by atoms with Crippen LogP contribution in [-0.2, 0) is 11.2 Å². The monoisotopic (exact) mass is 370 g/mol. The number of hydrogen-bond donors (Lipinski definition) is 1. The van der Waals surface area contributed by atoms with Crippen molar-refractivity contribution < 1.29 is 4.79 Å². The summed E-state index contributed by atoms with van der Waals surface area (Å²) in [4.78, 5) is 27.1. The Hall–Kier alpha value is -3.74. The Balaban J connectivity index is 1.64. The molecule has 1 aliphatic heterocycles. The lowest BCUT2D eigenvalue weighted by atomic mass is 10.0. The molecular weight excluding hydrogens is 352 g/mol. The number of fused-ring (bicyclic) bond motifs is 2. The Morgan fingerprint density at radius 2 is 2.00 bits per heavy atom. The van der Waals surface area contributed by atoms with E-state index < -0.39 is 0 Å². The molecule has 4 aromatic rings. The molecule has 0 fully saturated rings. The van der Waals surface area contributed by atoms with Gasteiger partial charge in [-0.15, -0.1) is 0 Å². The minimum absolute atomic E-state index is 0.0639. The SMILES string of the molecule is CC(=O)N1CCc2c(-c3cn4ccnc4c(Nc4ccncc4)n3)cccc21. The lowest BCUT2D eigenvalue weighted by Crippen LogP contribution is -2.25. The number of rotatable bonds is 3.